The summed E-state index contributed by atoms with van der Waals surface area (Å²) in [7, 11) is 0. The highest BCUT2D eigenvalue weighted by Gasteiger charge is 2.17. The van der Waals surface area contributed by atoms with E-state index >= 15 is 0 Å². The molecule has 0 fully saturated rings. The van der Waals surface area contributed by atoms with Gasteiger partial charge in [-0.05, 0) is 66.4 Å². The van der Waals surface area contributed by atoms with Gasteiger partial charge in [0.25, 0.3) is 5.91 Å². The lowest BCUT2D eigenvalue weighted by atomic mass is 10.2. The highest BCUT2D eigenvalue weighted by molar-refractivity contribution is 7.17. The summed E-state index contributed by atoms with van der Waals surface area (Å²) in [6, 6.07) is 17.6. The van der Waals surface area contributed by atoms with Crippen molar-refractivity contribution in [1.82, 2.24) is 4.57 Å². The Morgan fingerprint density at radius 1 is 1.14 bits per heavy atom. The van der Waals surface area contributed by atoms with Gasteiger partial charge in [-0.3, -0.25) is 4.79 Å². The van der Waals surface area contributed by atoms with Crippen molar-refractivity contribution in [3.05, 3.63) is 83.1 Å². The Bertz CT molecular complexity index is 1120. The Morgan fingerprint density at radius 3 is 2.71 bits per heavy atom. The zero-order chi connectivity index (χ0) is 19.5. The molecule has 0 spiro atoms. The average Bonchev–Trinajstić information content (AvgIpc) is 3.26. The van der Waals surface area contributed by atoms with Gasteiger partial charge in [-0.2, -0.15) is 0 Å². The molecule has 0 aliphatic heterocycles. The van der Waals surface area contributed by atoms with Gasteiger partial charge in [0.05, 0.1) is 16.8 Å². The summed E-state index contributed by atoms with van der Waals surface area (Å²) in [4.78, 5) is 12.9. The first-order chi connectivity index (χ1) is 13.6. The molecule has 2 aromatic carbocycles. The van der Waals surface area contributed by atoms with Crippen molar-refractivity contribution in [3.8, 4) is 5.75 Å². The summed E-state index contributed by atoms with van der Waals surface area (Å²) in [6.07, 6.45) is 0. The van der Waals surface area contributed by atoms with E-state index in [0.29, 0.717) is 24.5 Å². The fourth-order valence-electron chi connectivity index (χ4n) is 3.15. The predicted molar refractivity (Wildman–Crippen MR) is 111 cm³/mol. The summed E-state index contributed by atoms with van der Waals surface area (Å²) < 4.78 is 22.0. The van der Waals surface area contributed by atoms with Crippen LogP contribution in [0.1, 0.15) is 23.0 Å². The molecule has 0 atom stereocenters. The molecule has 4 aromatic rings. The van der Waals surface area contributed by atoms with Gasteiger partial charge < -0.3 is 14.6 Å². The van der Waals surface area contributed by atoms with Crippen molar-refractivity contribution in [2.45, 2.75) is 13.5 Å². The molecule has 2 heterocycles. The second-order valence-electron chi connectivity index (χ2n) is 6.33. The molecule has 142 valence electrons. The van der Waals surface area contributed by atoms with Crippen molar-refractivity contribution >= 4 is 33.1 Å². The molecule has 1 amide bonds. The summed E-state index contributed by atoms with van der Waals surface area (Å²) >= 11 is 1.58. The first kappa shape index (κ1) is 18.3. The summed E-state index contributed by atoms with van der Waals surface area (Å²) in [6.45, 7) is 2.94. The highest BCUT2D eigenvalue weighted by Crippen LogP contribution is 2.27. The van der Waals surface area contributed by atoms with Crippen LogP contribution >= 0.6 is 11.3 Å². The molecule has 0 aliphatic rings. The van der Waals surface area contributed by atoms with Crippen LogP contribution in [0, 0.1) is 5.82 Å². The van der Waals surface area contributed by atoms with E-state index in [4.69, 9.17) is 4.74 Å². The first-order valence-corrected chi connectivity index (χ1v) is 9.87. The Hall–Kier alpha value is -3.12. The van der Waals surface area contributed by atoms with Crippen LogP contribution in [0.25, 0.3) is 10.2 Å². The number of carbonyl (C=O) groups excluding carboxylic acids is 1. The molecule has 2 aromatic heterocycles. The number of carbonyl (C=O) groups is 1. The van der Waals surface area contributed by atoms with Crippen molar-refractivity contribution < 1.29 is 13.9 Å². The molecule has 1 N–H and O–H groups in total. The van der Waals surface area contributed by atoms with Gasteiger partial charge >= 0.3 is 0 Å². The second kappa shape index (κ2) is 7.86. The first-order valence-electron chi connectivity index (χ1n) is 8.99. The van der Waals surface area contributed by atoms with Gasteiger partial charge in [0.1, 0.15) is 17.3 Å². The molecular weight excluding hydrogens is 375 g/mol. The number of amides is 1. The maximum atomic E-state index is 13.6. The van der Waals surface area contributed by atoms with Gasteiger partial charge in [-0.15, -0.1) is 11.3 Å². The largest absolute Gasteiger partial charge is 0.494 e. The Kier molecular flexibility index (Phi) is 5.12. The third-order valence-corrected chi connectivity index (χ3v) is 5.26. The number of ether oxygens (including phenoxy) is 1. The van der Waals surface area contributed by atoms with Crippen LogP contribution in [0.2, 0.25) is 0 Å². The average molecular weight is 394 g/mol. The lowest BCUT2D eigenvalue weighted by Gasteiger charge is -2.12. The van der Waals surface area contributed by atoms with E-state index in [1.807, 2.05) is 59.3 Å². The van der Waals surface area contributed by atoms with Crippen molar-refractivity contribution in [2.24, 2.45) is 0 Å². The molecule has 4 rings (SSSR count). The number of hydrogen-bond donors (Lipinski definition) is 1. The van der Waals surface area contributed by atoms with Crippen LogP contribution in [0.5, 0.6) is 5.75 Å². The maximum absolute atomic E-state index is 13.6. The summed E-state index contributed by atoms with van der Waals surface area (Å²) in [5.74, 6) is 0.270. The Labute approximate surface area is 166 Å². The van der Waals surface area contributed by atoms with Crippen LogP contribution < -0.4 is 10.1 Å². The topological polar surface area (TPSA) is 43.3 Å². The van der Waals surface area contributed by atoms with Gasteiger partial charge in [-0.1, -0.05) is 12.1 Å². The number of thiophene rings is 1. The van der Waals surface area contributed by atoms with Crippen LogP contribution in [-0.4, -0.2) is 17.1 Å². The number of halogens is 1. The number of hydrogen-bond acceptors (Lipinski definition) is 3. The molecule has 0 aliphatic carbocycles. The van der Waals surface area contributed by atoms with Gasteiger partial charge in [-0.25, -0.2) is 4.39 Å². The van der Waals surface area contributed by atoms with E-state index < -0.39 is 0 Å². The third kappa shape index (κ3) is 3.77. The minimum atomic E-state index is -0.286. The number of rotatable bonds is 6. The van der Waals surface area contributed by atoms with Crippen LogP contribution in [0.3, 0.4) is 0 Å². The number of nitrogens with one attached hydrogen (secondary N) is 1. The van der Waals surface area contributed by atoms with Crippen molar-refractivity contribution in [3.63, 3.8) is 0 Å². The van der Waals surface area contributed by atoms with E-state index in [-0.39, 0.29) is 11.7 Å². The van der Waals surface area contributed by atoms with Gasteiger partial charge in [0, 0.05) is 12.2 Å². The van der Waals surface area contributed by atoms with Gasteiger partial charge in [0.15, 0.2) is 0 Å². The number of anilines is 1. The molecule has 0 bridgehead atoms. The molecular formula is C22H19FN2O2S. The minimum absolute atomic E-state index is 0.205. The number of benzene rings is 2. The quantitative estimate of drug-likeness (QED) is 0.466. The lowest BCUT2D eigenvalue weighted by molar-refractivity contribution is 0.101. The molecule has 0 saturated heterocycles. The molecule has 4 nitrogen and oxygen atoms in total. The number of aromatic nitrogens is 1. The van der Waals surface area contributed by atoms with Gasteiger partial charge in [0.2, 0.25) is 0 Å². The van der Waals surface area contributed by atoms with E-state index in [2.05, 4.69) is 5.32 Å². The fraction of sp³-hybridized carbons (Fsp3) is 0.136. The van der Waals surface area contributed by atoms with E-state index in [9.17, 15) is 9.18 Å². The van der Waals surface area contributed by atoms with Crippen molar-refractivity contribution in [1.29, 1.82) is 0 Å². The molecule has 28 heavy (non-hydrogen) atoms. The number of fused-ring (bicyclic) bond motifs is 1. The Morgan fingerprint density at radius 2 is 1.96 bits per heavy atom. The monoisotopic (exact) mass is 394 g/mol. The molecule has 6 heteroatoms. The smallest absolute Gasteiger partial charge is 0.272 e. The second-order valence-corrected chi connectivity index (χ2v) is 7.27. The third-order valence-electron chi connectivity index (χ3n) is 4.41. The molecule has 0 saturated carbocycles. The predicted octanol–water partition coefficient (Wildman–Crippen LogP) is 5.54. The van der Waals surface area contributed by atoms with E-state index in [0.717, 1.165) is 21.5 Å². The minimum Gasteiger partial charge on any atom is -0.494 e. The summed E-state index contributed by atoms with van der Waals surface area (Å²) in [5.41, 5.74) is 3.00. The standard InChI is InChI=1S/C22H19FN2O2S/c1-2-27-18-8-6-17(7-9-18)24-22(26)20-13-21-19(10-11-28-21)25(20)14-15-4-3-5-16(23)12-15/h3-13H,2,14H2,1H3,(H,24,26). The SMILES string of the molecule is CCOc1ccc(NC(=O)c2cc3sccc3n2Cc2cccc(F)c2)cc1. The van der Waals surface area contributed by atoms with E-state index in [1.165, 1.54) is 12.1 Å². The maximum Gasteiger partial charge on any atom is 0.272 e. The van der Waals surface area contributed by atoms with E-state index in [1.54, 1.807) is 17.4 Å². The zero-order valence-electron chi connectivity index (χ0n) is 15.3. The van der Waals surface area contributed by atoms with Crippen LogP contribution in [-0.2, 0) is 6.54 Å². The zero-order valence-corrected chi connectivity index (χ0v) is 16.1. The summed E-state index contributed by atoms with van der Waals surface area (Å²) in [5, 5.41) is 4.92. The van der Waals surface area contributed by atoms with Crippen LogP contribution in [0.15, 0.2) is 66.0 Å². The van der Waals surface area contributed by atoms with Crippen molar-refractivity contribution in [2.75, 3.05) is 11.9 Å². The normalized spacial score (nSPS) is 10.9. The van der Waals surface area contributed by atoms with Crippen LogP contribution in [0.4, 0.5) is 10.1 Å². The number of nitrogens with zero attached hydrogens (tertiary/aromatic N) is 1. The lowest BCUT2D eigenvalue weighted by Crippen LogP contribution is -2.17. The molecule has 0 radical (unpaired) electrons. The fourth-order valence-corrected chi connectivity index (χ4v) is 3.97. The Balaban J connectivity index is 1.62. The highest BCUT2D eigenvalue weighted by atomic mass is 32.1. The molecule has 0 unspecified atom stereocenters.